The summed E-state index contributed by atoms with van der Waals surface area (Å²) in [5.41, 5.74) is 18.8. The summed E-state index contributed by atoms with van der Waals surface area (Å²) in [6.07, 6.45) is 7.57. The van der Waals surface area contributed by atoms with Crippen LogP contribution in [0.4, 0.5) is 0 Å². The summed E-state index contributed by atoms with van der Waals surface area (Å²) in [6.45, 7) is 28.3. The molecule has 22 nitrogen and oxygen atoms in total. The molecule has 19 rings (SSSR count). The number of carbonyl (C=O) groups is 4. The molecular formula is C101H81N11O11. The number of aromatic nitrogens is 11. The van der Waals surface area contributed by atoms with Gasteiger partial charge in [0.2, 0.25) is 17.7 Å². The van der Waals surface area contributed by atoms with Crippen LogP contribution in [0.3, 0.4) is 0 Å². The minimum absolute atomic E-state index is 0.0281. The number of H-pyrrole nitrogens is 2. The number of hydrogen-bond donors (Lipinski definition) is 2. The van der Waals surface area contributed by atoms with Crippen LogP contribution in [0.15, 0.2) is 380 Å². The van der Waals surface area contributed by atoms with Gasteiger partial charge in [0, 0.05) is 47.2 Å². The number of carbonyl (C=O) groups excluding carboxylic acids is 4. The second-order valence-corrected chi connectivity index (χ2v) is 26.9. The minimum atomic E-state index is -0.520. The van der Waals surface area contributed by atoms with Gasteiger partial charge in [-0.3, -0.25) is 4.57 Å². The maximum atomic E-state index is 11.7. The second kappa shape index (κ2) is 40.2. The van der Waals surface area contributed by atoms with Crippen LogP contribution in [0.5, 0.6) is 17.2 Å². The molecule has 0 aliphatic carbocycles. The lowest BCUT2D eigenvalue weighted by atomic mass is 10.1. The average molecular weight is 1620 g/mol. The largest absolute Gasteiger partial charge is 0.452 e. The molecule has 0 aliphatic heterocycles. The van der Waals surface area contributed by atoms with E-state index in [1.54, 1.807) is 74.5 Å². The highest BCUT2D eigenvalue weighted by atomic mass is 16.6. The van der Waals surface area contributed by atoms with Crippen molar-refractivity contribution >= 4 is 120 Å². The van der Waals surface area contributed by atoms with Gasteiger partial charge in [-0.2, -0.15) is 0 Å². The van der Waals surface area contributed by atoms with E-state index in [2.05, 4.69) is 149 Å². The highest BCUT2D eigenvalue weighted by Crippen LogP contribution is 2.34. The molecule has 0 saturated carbocycles. The molecule has 0 unspecified atom stereocenters. The Morgan fingerprint density at radius 3 is 1.44 bits per heavy atom. The normalized spacial score (nSPS) is 10.5. The van der Waals surface area contributed by atoms with Gasteiger partial charge in [0.15, 0.2) is 23.4 Å². The van der Waals surface area contributed by atoms with E-state index < -0.39 is 23.9 Å². The van der Waals surface area contributed by atoms with Gasteiger partial charge in [0.25, 0.3) is 0 Å². The van der Waals surface area contributed by atoms with Crippen LogP contribution >= 0.6 is 0 Å². The van der Waals surface area contributed by atoms with Gasteiger partial charge in [-0.25, -0.2) is 54.1 Å². The van der Waals surface area contributed by atoms with Crippen molar-refractivity contribution in [1.82, 2.24) is 54.0 Å². The van der Waals surface area contributed by atoms with Crippen LogP contribution in [0.25, 0.3) is 147 Å². The molecule has 606 valence electrons. The molecule has 2 N–H and O–H groups in total. The molecule has 0 atom stereocenters. The highest BCUT2D eigenvalue weighted by Gasteiger charge is 2.19. The molecular weight excluding hydrogens is 1540 g/mol. The Bertz CT molecular complexity index is 6880. The number of aromatic amines is 2. The van der Waals surface area contributed by atoms with E-state index in [1.165, 1.54) is 0 Å². The van der Waals surface area contributed by atoms with Crippen molar-refractivity contribution in [3.05, 3.63) is 390 Å². The van der Waals surface area contributed by atoms with E-state index in [0.717, 1.165) is 124 Å². The Balaban J connectivity index is 0.000000124. The van der Waals surface area contributed by atoms with Gasteiger partial charge < -0.3 is 46.7 Å². The number of rotatable bonds is 17. The van der Waals surface area contributed by atoms with E-state index in [1.807, 2.05) is 213 Å². The molecule has 22 heteroatoms. The predicted octanol–water partition coefficient (Wildman–Crippen LogP) is 23.1. The van der Waals surface area contributed by atoms with Gasteiger partial charge in [0.05, 0.1) is 55.3 Å². The van der Waals surface area contributed by atoms with E-state index in [0.29, 0.717) is 68.6 Å². The summed E-state index contributed by atoms with van der Waals surface area (Å²) >= 11 is 0. The fraction of sp³-hybridized carbons (Fsp3) is 0.0396. The fourth-order valence-corrected chi connectivity index (χ4v) is 12.2. The monoisotopic (exact) mass is 1620 g/mol. The molecule has 123 heavy (non-hydrogen) atoms. The van der Waals surface area contributed by atoms with Gasteiger partial charge >= 0.3 is 23.9 Å². The lowest BCUT2D eigenvalue weighted by Gasteiger charge is -2.07. The topological polar surface area (TPSA) is 276 Å². The van der Waals surface area contributed by atoms with E-state index in [9.17, 15) is 19.2 Å². The molecule has 7 aromatic heterocycles. The Kier molecular flexibility index (Phi) is 27.4. The molecule has 0 radical (unpaired) electrons. The molecule has 0 bridgehead atoms. The molecule has 7 heterocycles. The number of oxazole rings is 3. The van der Waals surface area contributed by atoms with Gasteiger partial charge in [-0.05, 0) is 177 Å². The van der Waals surface area contributed by atoms with E-state index >= 15 is 0 Å². The maximum Gasteiger partial charge on any atom is 0.338 e. The van der Waals surface area contributed by atoms with Crippen molar-refractivity contribution in [2.45, 2.75) is 20.5 Å². The molecule has 19 aromatic rings. The molecule has 0 spiro atoms. The van der Waals surface area contributed by atoms with E-state index in [-0.39, 0.29) is 6.61 Å². The third kappa shape index (κ3) is 21.2. The molecule has 0 amide bonds. The number of nitrogens with zero attached hydrogens (tertiary/aromatic N) is 9. The third-order valence-corrected chi connectivity index (χ3v) is 18.2. The fourth-order valence-electron chi connectivity index (χ4n) is 12.2. The van der Waals surface area contributed by atoms with Crippen molar-refractivity contribution < 1.29 is 51.4 Å². The number of imidazole rings is 4. The number of benzene rings is 12. The smallest absolute Gasteiger partial charge is 0.338 e. The molecule has 0 aliphatic rings. The molecule has 0 fully saturated rings. The van der Waals surface area contributed by atoms with Crippen molar-refractivity contribution in [3.63, 3.8) is 0 Å². The van der Waals surface area contributed by atoms with Crippen LogP contribution in [0.1, 0.15) is 37.0 Å². The van der Waals surface area contributed by atoms with Crippen LogP contribution < -0.4 is 14.2 Å². The number of para-hydroxylation sites is 17. The minimum Gasteiger partial charge on any atom is -0.452 e. The first kappa shape index (κ1) is 83.9. The summed E-state index contributed by atoms with van der Waals surface area (Å²) in [7, 11) is 2.05. The standard InChI is InChI=1S/C17H14N2O2.C16H14N2.2C16H11NO3.C15H12N2.C12H11NO3.C9H8N2/c1-11(2)17(20)21-15-10-6-3-7-12(15)16-18-13-8-4-5-9-14(13)19-16;1-3-12-8-10-13(11-9-12)16-17-14-6-4-5-7-15(14)18(16)2;1-2-15(18)19-13-9-5-3-7-11(13)16-17-12-8-4-6-10-14(12)20-16;1-2-15(18)19-12-9-7-11(8-10-12)16-17-13-5-3-4-6-14(13)20-16;1-2-15-16-13-10-6-7-11-14(13)17(15)12-8-4-3-5-9-12;1-8(2)12(14)15-7-11-13-9-5-3-4-6-10(9)16-11;1-2-9-10-7-5-3-4-6-8(7)11-9/h3-10H,1H2,2H3,(H,18,19);3-11H,1H2,2H3;2*2-10H,1H2;2-11H,1H2;3-6H,1,7H2,2H3;2-6H,1H2,(H,10,11). The lowest BCUT2D eigenvalue weighted by molar-refractivity contribution is -0.141. The average Bonchev–Trinajstić information content (AvgIpc) is 1.64. The molecule has 12 aromatic carbocycles. The number of aryl methyl sites for hydroxylation is 1. The first-order valence-corrected chi connectivity index (χ1v) is 38.5. The summed E-state index contributed by atoms with van der Waals surface area (Å²) in [6, 6.07) is 94.2. The third-order valence-electron chi connectivity index (χ3n) is 18.2. The van der Waals surface area contributed by atoms with Gasteiger partial charge in [0.1, 0.15) is 57.1 Å². The van der Waals surface area contributed by atoms with E-state index in [4.69, 9.17) is 32.2 Å². The summed E-state index contributed by atoms with van der Waals surface area (Å²) in [5, 5.41) is 0. The summed E-state index contributed by atoms with van der Waals surface area (Å²) in [5.74, 6) is 4.11. The maximum absolute atomic E-state index is 11.7. The van der Waals surface area contributed by atoms with Gasteiger partial charge in [-0.1, -0.05) is 204 Å². The number of fused-ring (bicyclic) bond motifs is 7. The first-order chi connectivity index (χ1) is 59.9. The zero-order valence-corrected chi connectivity index (χ0v) is 67.3. The summed E-state index contributed by atoms with van der Waals surface area (Å²) < 4.78 is 41.4. The Morgan fingerprint density at radius 1 is 0.398 bits per heavy atom. The number of ether oxygens (including phenoxy) is 4. The van der Waals surface area contributed by atoms with Crippen molar-refractivity contribution in [2.24, 2.45) is 7.05 Å². The van der Waals surface area contributed by atoms with Gasteiger partial charge in [-0.15, -0.1) is 0 Å². The lowest BCUT2D eigenvalue weighted by Crippen LogP contribution is -2.09. The van der Waals surface area contributed by atoms with Crippen molar-refractivity contribution in [1.29, 1.82) is 0 Å². The van der Waals surface area contributed by atoms with Crippen LogP contribution in [-0.4, -0.2) is 77.9 Å². The van der Waals surface area contributed by atoms with Crippen LogP contribution in [0, 0.1) is 0 Å². The summed E-state index contributed by atoms with van der Waals surface area (Å²) in [4.78, 5) is 82.6. The van der Waals surface area contributed by atoms with Crippen LogP contribution in [-0.2, 0) is 37.6 Å². The highest BCUT2D eigenvalue weighted by molar-refractivity contribution is 5.91. The number of esters is 4. The Hall–Kier alpha value is -17.0. The van der Waals surface area contributed by atoms with Crippen molar-refractivity contribution in [2.75, 3.05) is 0 Å². The first-order valence-electron chi connectivity index (χ1n) is 38.5. The zero-order chi connectivity index (χ0) is 86.1. The zero-order valence-electron chi connectivity index (χ0n) is 67.3. The van der Waals surface area contributed by atoms with Crippen LogP contribution in [0.2, 0.25) is 0 Å². The van der Waals surface area contributed by atoms with Crippen molar-refractivity contribution in [3.8, 4) is 68.6 Å². The Morgan fingerprint density at radius 2 is 0.878 bits per heavy atom. The quantitative estimate of drug-likeness (QED) is 0.0487. The SMILES string of the molecule is C=C(C)C(=O)OCc1nc2ccccc2o1.C=C(C)C(=O)Oc1ccccc1-c1nc2ccccc2[nH]1.C=CC(=O)Oc1ccc(-c2nc3ccccc3o2)cc1.C=CC(=O)Oc1ccccc1-c1nc2ccccc2o1.C=Cc1ccc(-c2nc3ccccc3n2C)cc1.C=Cc1nc2ccccc2[nH]1.C=Cc1nc2ccccc2n1-c1ccccc1. The predicted molar refractivity (Wildman–Crippen MR) is 485 cm³/mol. The number of hydrogen-bond acceptors (Lipinski definition) is 18. The second-order valence-electron chi connectivity index (χ2n) is 26.9. The molecule has 0 saturated heterocycles. The Labute approximate surface area is 706 Å². The number of nitrogens with one attached hydrogen (secondary N) is 2.